The van der Waals surface area contributed by atoms with Crippen LogP contribution in [0, 0.1) is 35.0 Å². The van der Waals surface area contributed by atoms with Crippen LogP contribution >= 0.6 is 0 Å². The number of hydrogen-bond acceptors (Lipinski definition) is 11. The number of methoxy groups -OCH3 is 1. The van der Waals surface area contributed by atoms with Crippen LogP contribution in [0.4, 0.5) is 13.6 Å². The highest BCUT2D eigenvalue weighted by Crippen LogP contribution is 2.52. The van der Waals surface area contributed by atoms with Crippen LogP contribution in [-0.2, 0) is 35.6 Å². The molecule has 4 bridgehead atoms. The van der Waals surface area contributed by atoms with Gasteiger partial charge in [0.2, 0.25) is 34.1 Å². The van der Waals surface area contributed by atoms with Crippen molar-refractivity contribution in [3.8, 4) is 11.6 Å². The molecule has 15 nitrogen and oxygen atoms in total. The standard InChI is InChI=1S/C42H56F2N6O9S/c1-21-31-20-50(32(21)36(51)48-42(19-27(42)35(43)44)39(53)49-60(55,56)25-14-15-25)38(52)34(41(2,3)4)47-40(54)59-33-23-12-11-22(17-23)26(33)9-7-6-8-10-29-37(58-31)46-30-18-24(57-5)13-16-28(30)45-29/h13,16,18,21-23,25-27,31-35H,6-12,14-15,17,19-20H2,1-5H3,(H,47,54)(H,48,51)(H,49,53)/t21-,22-,23?,26-,27+,31+,32+,33-,34-,42-/m1/s1. The molecule has 0 radical (unpaired) electrons. The molecule has 4 amide bonds. The zero-order valence-corrected chi connectivity index (χ0v) is 35.6. The van der Waals surface area contributed by atoms with E-state index in [0.29, 0.717) is 47.7 Å². The van der Waals surface area contributed by atoms with Crippen molar-refractivity contribution in [2.24, 2.45) is 35.0 Å². The topological polar surface area (TPSA) is 195 Å². The Balaban J connectivity index is 1.16. The molecule has 1 aromatic heterocycles. The van der Waals surface area contributed by atoms with Gasteiger partial charge in [0.05, 0.1) is 35.9 Å². The molecule has 10 atom stereocenters. The van der Waals surface area contributed by atoms with E-state index in [-0.39, 0.29) is 30.4 Å². The third-order valence-electron chi connectivity index (χ3n) is 13.9. The maximum atomic E-state index is 15.0. The number of alkyl carbamates (subject to hydrolysis) is 1. The van der Waals surface area contributed by atoms with Gasteiger partial charge >= 0.3 is 6.09 Å². The average Bonchev–Trinajstić information content (AvgIpc) is 4.07. The van der Waals surface area contributed by atoms with Gasteiger partial charge in [-0.25, -0.2) is 32.0 Å². The average molecular weight is 859 g/mol. The molecule has 2 aromatic rings. The summed E-state index contributed by atoms with van der Waals surface area (Å²) in [4.78, 5) is 68.0. The molecule has 3 heterocycles. The molecular weight excluding hydrogens is 803 g/mol. The van der Waals surface area contributed by atoms with E-state index in [4.69, 9.17) is 24.2 Å². The summed E-state index contributed by atoms with van der Waals surface area (Å²) >= 11 is 0. The molecule has 1 aromatic carbocycles. The molecule has 5 fully saturated rings. The number of alkyl halides is 2. The summed E-state index contributed by atoms with van der Waals surface area (Å²) in [5.74, 6) is -3.65. The highest BCUT2D eigenvalue weighted by molar-refractivity contribution is 7.91. The number of fused-ring (bicyclic) bond motifs is 9. The SMILES string of the molecule is COc1ccc2nc3c(nc2c1)O[C@H]1CN(C(=O)[C@H](C(C)(C)C)NC(=O)O[C@@H]2C4CC[C@H](C4)[C@H]2CCCCC3)[C@H](C(=O)N[C@]2(C(=O)NS(=O)(=O)C3CC3)C[C@H]2C(F)F)[C@@H]1C. The first-order valence-electron chi connectivity index (χ1n) is 21.4. The van der Waals surface area contributed by atoms with Crippen molar-refractivity contribution < 1.29 is 50.6 Å². The number of amides is 4. The summed E-state index contributed by atoms with van der Waals surface area (Å²) < 4.78 is 74.4. The quantitative estimate of drug-likeness (QED) is 0.351. The normalized spacial score (nSPS) is 33.5. The minimum Gasteiger partial charge on any atom is -0.497 e. The highest BCUT2D eigenvalue weighted by Gasteiger charge is 2.67. The summed E-state index contributed by atoms with van der Waals surface area (Å²) in [6.07, 6.45) is 2.25. The second kappa shape index (κ2) is 15.8. The number of halogens is 2. The first-order chi connectivity index (χ1) is 28.4. The summed E-state index contributed by atoms with van der Waals surface area (Å²) in [6.45, 7) is 6.81. The van der Waals surface area contributed by atoms with E-state index >= 15 is 0 Å². The number of aryl methyl sites for hydroxylation is 1. The summed E-state index contributed by atoms with van der Waals surface area (Å²) in [5, 5.41) is 4.52. The lowest BCUT2D eigenvalue weighted by Crippen LogP contribution is -2.61. The Kier molecular flexibility index (Phi) is 11.2. The number of ether oxygens (including phenoxy) is 3. The Bertz CT molecular complexity index is 2150. The zero-order valence-electron chi connectivity index (χ0n) is 34.7. The highest BCUT2D eigenvalue weighted by atomic mass is 32.2. The smallest absolute Gasteiger partial charge is 0.408 e. The minimum atomic E-state index is -4.15. The van der Waals surface area contributed by atoms with Crippen LogP contribution in [0.3, 0.4) is 0 Å². The molecule has 8 rings (SSSR count). The summed E-state index contributed by atoms with van der Waals surface area (Å²) in [6, 6.07) is 2.73. The molecule has 4 saturated carbocycles. The molecule has 328 valence electrons. The number of sulfonamides is 1. The number of hydrogen-bond donors (Lipinski definition) is 3. The number of nitrogens with one attached hydrogen (secondary N) is 3. The fourth-order valence-corrected chi connectivity index (χ4v) is 11.6. The van der Waals surface area contributed by atoms with Crippen molar-refractivity contribution in [3.05, 3.63) is 23.9 Å². The largest absolute Gasteiger partial charge is 0.497 e. The van der Waals surface area contributed by atoms with Gasteiger partial charge in [-0.1, -0.05) is 40.5 Å². The van der Waals surface area contributed by atoms with E-state index in [1.807, 2.05) is 10.8 Å². The molecule has 1 unspecified atom stereocenters. The molecule has 1 saturated heterocycles. The fraction of sp³-hybridized carbons (Fsp3) is 0.714. The Hall–Kier alpha value is -4.35. The molecule has 3 N–H and O–H groups in total. The van der Waals surface area contributed by atoms with Crippen LogP contribution in [-0.4, -0.2) is 102 Å². The van der Waals surface area contributed by atoms with Crippen molar-refractivity contribution in [1.82, 2.24) is 30.2 Å². The molecule has 18 heteroatoms. The van der Waals surface area contributed by atoms with Crippen molar-refractivity contribution in [1.29, 1.82) is 0 Å². The van der Waals surface area contributed by atoms with Gasteiger partial charge in [-0.05, 0) is 93.1 Å². The van der Waals surface area contributed by atoms with Gasteiger partial charge in [0, 0.05) is 12.0 Å². The van der Waals surface area contributed by atoms with E-state index in [1.54, 1.807) is 46.9 Å². The van der Waals surface area contributed by atoms with Crippen molar-refractivity contribution in [3.63, 3.8) is 0 Å². The van der Waals surface area contributed by atoms with Crippen molar-refractivity contribution in [2.45, 2.75) is 140 Å². The minimum absolute atomic E-state index is 0.180. The predicted molar refractivity (Wildman–Crippen MR) is 213 cm³/mol. The number of rotatable bonds is 7. The zero-order chi connectivity index (χ0) is 42.9. The second-order valence-corrected chi connectivity index (χ2v) is 20.9. The number of nitrogens with zero attached hydrogens (tertiary/aromatic N) is 3. The van der Waals surface area contributed by atoms with Crippen LogP contribution in [0.2, 0.25) is 0 Å². The third kappa shape index (κ3) is 8.08. The maximum absolute atomic E-state index is 15.0. The van der Waals surface area contributed by atoms with Gasteiger partial charge < -0.3 is 29.7 Å². The molecule has 6 aliphatic rings. The molecular formula is C42H56F2N6O9S. The van der Waals surface area contributed by atoms with Crippen molar-refractivity contribution in [2.75, 3.05) is 13.7 Å². The lowest BCUT2D eigenvalue weighted by molar-refractivity contribution is -0.143. The van der Waals surface area contributed by atoms with Crippen molar-refractivity contribution >= 4 is 44.9 Å². The predicted octanol–water partition coefficient (Wildman–Crippen LogP) is 4.65. The van der Waals surface area contributed by atoms with Gasteiger partial charge in [0.25, 0.3) is 5.91 Å². The van der Waals surface area contributed by atoms with Gasteiger partial charge in [-0.2, -0.15) is 0 Å². The van der Waals surface area contributed by atoms with Gasteiger partial charge in [0.15, 0.2) is 0 Å². The molecule has 2 aliphatic heterocycles. The maximum Gasteiger partial charge on any atom is 0.408 e. The summed E-state index contributed by atoms with van der Waals surface area (Å²) in [7, 11) is -2.61. The Labute approximate surface area is 348 Å². The van der Waals surface area contributed by atoms with E-state index in [1.165, 1.54) is 4.90 Å². The summed E-state index contributed by atoms with van der Waals surface area (Å²) in [5.41, 5.74) is -1.41. The van der Waals surface area contributed by atoms with Crippen LogP contribution in [0.1, 0.15) is 97.6 Å². The van der Waals surface area contributed by atoms with Crippen LogP contribution in [0.25, 0.3) is 11.0 Å². The monoisotopic (exact) mass is 858 g/mol. The first kappa shape index (κ1) is 42.3. The fourth-order valence-electron chi connectivity index (χ4n) is 10.2. The van der Waals surface area contributed by atoms with Gasteiger partial charge in [0.1, 0.15) is 41.3 Å². The van der Waals surface area contributed by atoms with E-state index in [9.17, 15) is 36.4 Å². The number of benzene rings is 1. The third-order valence-corrected chi connectivity index (χ3v) is 15.7. The van der Waals surface area contributed by atoms with Gasteiger partial charge in [-0.3, -0.25) is 19.1 Å². The van der Waals surface area contributed by atoms with E-state index in [2.05, 4.69) is 10.6 Å². The number of aromatic nitrogens is 2. The van der Waals surface area contributed by atoms with Crippen LogP contribution < -0.4 is 24.8 Å². The lowest BCUT2D eigenvalue weighted by Gasteiger charge is -2.37. The first-order valence-corrected chi connectivity index (χ1v) is 22.9. The molecule has 4 aliphatic carbocycles. The van der Waals surface area contributed by atoms with E-state index < -0.39 is 92.9 Å². The molecule has 60 heavy (non-hydrogen) atoms. The Morgan fingerprint density at radius 3 is 2.45 bits per heavy atom. The van der Waals surface area contributed by atoms with Crippen LogP contribution in [0.5, 0.6) is 11.6 Å². The molecule has 0 spiro atoms. The number of carbonyl (C=O) groups excluding carboxylic acids is 4. The number of carbonyl (C=O) groups is 4. The van der Waals surface area contributed by atoms with Gasteiger partial charge in [-0.15, -0.1) is 0 Å². The lowest BCUT2D eigenvalue weighted by atomic mass is 9.82. The second-order valence-electron chi connectivity index (χ2n) is 19.0. The Morgan fingerprint density at radius 1 is 1.02 bits per heavy atom. The van der Waals surface area contributed by atoms with Crippen LogP contribution in [0.15, 0.2) is 18.2 Å². The van der Waals surface area contributed by atoms with E-state index in [0.717, 1.165) is 44.9 Å². The Morgan fingerprint density at radius 2 is 1.77 bits per heavy atom.